The van der Waals surface area contributed by atoms with E-state index in [1.165, 1.54) is 6.20 Å². The van der Waals surface area contributed by atoms with Crippen molar-refractivity contribution in [3.05, 3.63) is 27.5 Å². The van der Waals surface area contributed by atoms with E-state index in [-0.39, 0.29) is 19.3 Å². The fourth-order valence-electron chi connectivity index (χ4n) is 0.397. The summed E-state index contributed by atoms with van der Waals surface area (Å²) in [7, 11) is 0. The minimum atomic E-state index is 0. The first kappa shape index (κ1) is 17.8. The van der Waals surface area contributed by atoms with Crippen molar-refractivity contribution >= 4 is 34.8 Å². The van der Waals surface area contributed by atoms with Crippen LogP contribution in [0.1, 0.15) is 0 Å². The highest BCUT2D eigenvalue weighted by atomic mass is 35.5. The van der Waals surface area contributed by atoms with Crippen molar-refractivity contribution in [2.24, 2.45) is 0 Å². The van der Waals surface area contributed by atoms with Crippen LogP contribution in [-0.2, 0) is 0 Å². The van der Waals surface area contributed by atoms with Crippen molar-refractivity contribution in [2.45, 2.75) is 0 Å². The summed E-state index contributed by atoms with van der Waals surface area (Å²) in [4.78, 5) is 3.69. The van der Waals surface area contributed by atoms with Crippen LogP contribution in [-0.4, -0.2) is 4.98 Å². The fourth-order valence-corrected chi connectivity index (χ4v) is 0.861. The van der Waals surface area contributed by atoms with Gasteiger partial charge in [-0.15, -0.1) is 0 Å². The highest BCUT2D eigenvalue weighted by Gasteiger charge is 2.00. The SMILES string of the molecule is Clc1ccnc(Cl)c1Cl.F.F.F. The lowest BCUT2D eigenvalue weighted by Gasteiger charge is -1.93. The second kappa shape index (κ2) is 7.46. The van der Waals surface area contributed by atoms with Crippen LogP contribution in [0.5, 0.6) is 0 Å². The van der Waals surface area contributed by atoms with Gasteiger partial charge in [-0.2, -0.15) is 0 Å². The number of halogens is 6. The first-order valence-electron chi connectivity index (χ1n) is 2.17. The number of rotatable bonds is 0. The van der Waals surface area contributed by atoms with Gasteiger partial charge in [-0.1, -0.05) is 34.8 Å². The summed E-state index contributed by atoms with van der Waals surface area (Å²) in [5.74, 6) is 0. The van der Waals surface area contributed by atoms with Gasteiger partial charge >= 0.3 is 0 Å². The van der Waals surface area contributed by atoms with Crippen LogP contribution in [0, 0.1) is 0 Å². The van der Waals surface area contributed by atoms with Gasteiger partial charge in [-0.05, 0) is 6.07 Å². The topological polar surface area (TPSA) is 12.9 Å². The second-order valence-electron chi connectivity index (χ2n) is 1.40. The predicted molar refractivity (Wildman–Crippen MR) is 46.8 cm³/mol. The van der Waals surface area contributed by atoms with Crippen molar-refractivity contribution in [3.8, 4) is 0 Å². The van der Waals surface area contributed by atoms with E-state index >= 15 is 0 Å². The highest BCUT2D eigenvalue weighted by Crippen LogP contribution is 2.26. The van der Waals surface area contributed by atoms with Crippen LogP contribution in [0.4, 0.5) is 14.1 Å². The van der Waals surface area contributed by atoms with E-state index in [1.807, 2.05) is 0 Å². The molecule has 0 saturated carbocycles. The molecule has 0 N–H and O–H groups in total. The monoisotopic (exact) mass is 241 g/mol. The van der Waals surface area contributed by atoms with Gasteiger partial charge in [0, 0.05) is 6.20 Å². The summed E-state index contributed by atoms with van der Waals surface area (Å²) >= 11 is 16.6. The third-order valence-corrected chi connectivity index (χ3v) is 1.98. The maximum absolute atomic E-state index is 5.56. The minimum absolute atomic E-state index is 0. The molecule has 7 heteroatoms. The standard InChI is InChI=1S/C5H2Cl3N.3FH/c6-3-1-2-9-5(8)4(3)7;;;/h1-2H;3*1H. The second-order valence-corrected chi connectivity index (χ2v) is 2.54. The average Bonchev–Trinajstić information content (AvgIpc) is 1.83. The van der Waals surface area contributed by atoms with E-state index in [1.54, 1.807) is 6.07 Å². The zero-order valence-corrected chi connectivity index (χ0v) is 7.73. The Labute approximate surface area is 81.7 Å². The predicted octanol–water partition coefficient (Wildman–Crippen LogP) is 3.50. The van der Waals surface area contributed by atoms with Gasteiger partial charge in [0.25, 0.3) is 0 Å². The fraction of sp³-hybridized carbons (Fsp3) is 0. The van der Waals surface area contributed by atoms with Crippen LogP contribution in [0.3, 0.4) is 0 Å². The Morgan fingerprint density at radius 1 is 1.00 bits per heavy atom. The maximum atomic E-state index is 5.56. The quantitative estimate of drug-likeness (QED) is 0.635. The molecule has 1 nitrogen and oxygen atoms in total. The number of hydrogen-bond donors (Lipinski definition) is 0. The third kappa shape index (κ3) is 3.99. The number of nitrogens with zero attached hydrogens (tertiary/aromatic N) is 1. The molecule has 0 aliphatic rings. The molecule has 0 bridgehead atoms. The molecule has 1 aromatic heterocycles. The minimum Gasteiger partial charge on any atom is -0.269 e. The molecule has 0 fully saturated rings. The Bertz CT molecular complexity index is 213. The van der Waals surface area contributed by atoms with E-state index in [0.717, 1.165) is 0 Å². The van der Waals surface area contributed by atoms with E-state index in [9.17, 15) is 0 Å². The molecular formula is C5H5Cl3F3N. The van der Waals surface area contributed by atoms with E-state index in [2.05, 4.69) is 4.98 Å². The molecule has 0 saturated heterocycles. The van der Waals surface area contributed by atoms with Crippen LogP contribution in [0.2, 0.25) is 15.2 Å². The lowest BCUT2D eigenvalue weighted by molar-refractivity contribution is 1.11. The molecule has 1 heterocycles. The first-order valence-corrected chi connectivity index (χ1v) is 3.30. The molecule has 0 aromatic carbocycles. The maximum Gasteiger partial charge on any atom is 0.149 e. The Kier molecular flexibility index (Phi) is 11.1. The van der Waals surface area contributed by atoms with Gasteiger partial charge in [-0.25, -0.2) is 4.98 Å². The Morgan fingerprint density at radius 2 is 1.50 bits per heavy atom. The third-order valence-electron chi connectivity index (χ3n) is 0.800. The number of aromatic nitrogens is 1. The molecule has 0 spiro atoms. The molecule has 1 rings (SSSR count). The molecular weight excluding hydrogens is 237 g/mol. The summed E-state index contributed by atoms with van der Waals surface area (Å²) in [5, 5.41) is 0.974. The van der Waals surface area contributed by atoms with Gasteiger partial charge in [0.2, 0.25) is 0 Å². The zero-order valence-electron chi connectivity index (χ0n) is 5.46. The highest BCUT2D eigenvalue weighted by molar-refractivity contribution is 6.47. The smallest absolute Gasteiger partial charge is 0.149 e. The van der Waals surface area contributed by atoms with Gasteiger partial charge < -0.3 is 0 Å². The van der Waals surface area contributed by atoms with Gasteiger partial charge in [-0.3, -0.25) is 14.1 Å². The molecule has 0 aliphatic heterocycles. The molecule has 1 aromatic rings. The first-order chi connectivity index (χ1) is 4.22. The summed E-state index contributed by atoms with van der Waals surface area (Å²) < 4.78 is 0. The number of pyridine rings is 1. The average molecular weight is 242 g/mol. The van der Waals surface area contributed by atoms with E-state index < -0.39 is 0 Å². The van der Waals surface area contributed by atoms with Crippen LogP contribution in [0.25, 0.3) is 0 Å². The van der Waals surface area contributed by atoms with E-state index in [0.29, 0.717) is 10.0 Å². The van der Waals surface area contributed by atoms with Crippen LogP contribution < -0.4 is 0 Å². The molecule has 0 aliphatic carbocycles. The normalized spacial score (nSPS) is 7.25. The Morgan fingerprint density at radius 3 is 1.83 bits per heavy atom. The van der Waals surface area contributed by atoms with Crippen molar-refractivity contribution in [1.29, 1.82) is 0 Å². The Hall–Kier alpha value is -0.190. The van der Waals surface area contributed by atoms with Crippen molar-refractivity contribution in [1.82, 2.24) is 4.98 Å². The van der Waals surface area contributed by atoms with Crippen molar-refractivity contribution in [2.75, 3.05) is 0 Å². The number of hydrogen-bond acceptors (Lipinski definition) is 1. The van der Waals surface area contributed by atoms with E-state index in [4.69, 9.17) is 34.8 Å². The molecule has 72 valence electrons. The zero-order chi connectivity index (χ0) is 6.85. The molecule has 0 amide bonds. The van der Waals surface area contributed by atoms with Gasteiger partial charge in [0.05, 0.1) is 10.0 Å². The summed E-state index contributed by atoms with van der Waals surface area (Å²) in [6.45, 7) is 0. The van der Waals surface area contributed by atoms with Crippen LogP contribution >= 0.6 is 34.8 Å². The molecule has 0 radical (unpaired) electrons. The summed E-state index contributed by atoms with van der Waals surface area (Å²) in [6, 6.07) is 1.58. The molecule has 0 unspecified atom stereocenters. The van der Waals surface area contributed by atoms with Crippen LogP contribution in [0.15, 0.2) is 12.3 Å². The summed E-state index contributed by atoms with van der Waals surface area (Å²) in [6.07, 6.45) is 1.50. The lowest BCUT2D eigenvalue weighted by atomic mass is 10.5. The van der Waals surface area contributed by atoms with Gasteiger partial charge in [0.15, 0.2) is 0 Å². The largest absolute Gasteiger partial charge is 0.269 e. The molecule has 12 heavy (non-hydrogen) atoms. The van der Waals surface area contributed by atoms with Gasteiger partial charge in [0.1, 0.15) is 5.15 Å². The Balaban J connectivity index is -0.000000270. The summed E-state index contributed by atoms with van der Waals surface area (Å²) in [5.41, 5.74) is 0. The lowest BCUT2D eigenvalue weighted by Crippen LogP contribution is -1.74. The molecule has 0 atom stereocenters. The van der Waals surface area contributed by atoms with Crippen molar-refractivity contribution in [3.63, 3.8) is 0 Å². The van der Waals surface area contributed by atoms with Crippen molar-refractivity contribution < 1.29 is 14.1 Å².